The molecule has 0 bridgehead atoms. The van der Waals surface area contributed by atoms with Gasteiger partial charge in [0, 0.05) is 24.7 Å². The van der Waals surface area contributed by atoms with Crippen molar-refractivity contribution in [3.8, 4) is 23.0 Å². The van der Waals surface area contributed by atoms with E-state index in [9.17, 15) is 9.59 Å². The third-order valence-corrected chi connectivity index (χ3v) is 4.79. The summed E-state index contributed by atoms with van der Waals surface area (Å²) in [5.74, 6) is 1.44. The Labute approximate surface area is 182 Å². The first-order valence-corrected chi connectivity index (χ1v) is 10.00. The summed E-state index contributed by atoms with van der Waals surface area (Å²) >= 11 is 0. The van der Waals surface area contributed by atoms with Crippen LogP contribution >= 0.6 is 0 Å². The molecule has 2 aromatic rings. The third kappa shape index (κ3) is 6.28. The fraction of sp³-hybridized carbons (Fsp3) is 0.391. The number of rotatable bonds is 11. The van der Waals surface area contributed by atoms with E-state index in [1.54, 1.807) is 50.6 Å². The van der Waals surface area contributed by atoms with E-state index >= 15 is 0 Å². The van der Waals surface area contributed by atoms with Gasteiger partial charge in [-0.05, 0) is 30.7 Å². The van der Waals surface area contributed by atoms with Gasteiger partial charge >= 0.3 is 0 Å². The predicted octanol–water partition coefficient (Wildman–Crippen LogP) is 3.05. The lowest BCUT2D eigenvalue weighted by atomic mass is 10.1. The molecule has 1 unspecified atom stereocenters. The molecule has 2 aromatic carbocycles. The van der Waals surface area contributed by atoms with E-state index in [4.69, 9.17) is 18.9 Å². The van der Waals surface area contributed by atoms with E-state index in [2.05, 4.69) is 10.6 Å². The van der Waals surface area contributed by atoms with Crippen LogP contribution in [-0.4, -0.2) is 52.8 Å². The van der Waals surface area contributed by atoms with Crippen molar-refractivity contribution >= 4 is 11.8 Å². The van der Waals surface area contributed by atoms with Gasteiger partial charge in [0.25, 0.3) is 11.8 Å². The van der Waals surface area contributed by atoms with Crippen LogP contribution in [0.5, 0.6) is 23.0 Å². The molecule has 0 heterocycles. The van der Waals surface area contributed by atoms with E-state index in [0.29, 0.717) is 40.5 Å². The van der Waals surface area contributed by atoms with E-state index in [1.165, 1.54) is 14.2 Å². The molecule has 0 aromatic heterocycles. The van der Waals surface area contributed by atoms with Crippen LogP contribution in [0.3, 0.4) is 0 Å². The molecular weight excluding hydrogens is 400 g/mol. The Morgan fingerprint density at radius 1 is 0.806 bits per heavy atom. The van der Waals surface area contributed by atoms with Crippen LogP contribution in [0.15, 0.2) is 36.4 Å². The minimum Gasteiger partial charge on any atom is -0.497 e. The van der Waals surface area contributed by atoms with Crippen molar-refractivity contribution in [2.75, 3.05) is 35.0 Å². The van der Waals surface area contributed by atoms with Crippen molar-refractivity contribution in [3.63, 3.8) is 0 Å². The van der Waals surface area contributed by atoms with Gasteiger partial charge < -0.3 is 29.6 Å². The Bertz CT molecular complexity index is 900. The summed E-state index contributed by atoms with van der Waals surface area (Å²) in [5, 5.41) is 5.85. The molecule has 2 N–H and O–H groups in total. The fourth-order valence-electron chi connectivity index (χ4n) is 3.12. The molecule has 2 amide bonds. The maximum Gasteiger partial charge on any atom is 0.255 e. The highest BCUT2D eigenvalue weighted by molar-refractivity contribution is 5.98. The summed E-state index contributed by atoms with van der Waals surface area (Å²) in [6, 6.07) is 9.73. The van der Waals surface area contributed by atoms with Crippen LogP contribution in [0.4, 0.5) is 0 Å². The summed E-state index contributed by atoms with van der Waals surface area (Å²) in [6.45, 7) is 2.29. The number of ether oxygens (including phenoxy) is 4. The molecule has 0 aliphatic rings. The molecule has 0 aliphatic carbocycles. The van der Waals surface area contributed by atoms with E-state index in [1.807, 2.05) is 6.92 Å². The zero-order valence-corrected chi connectivity index (χ0v) is 18.6. The number of hydrogen-bond donors (Lipinski definition) is 2. The minimum atomic E-state index is -0.295. The van der Waals surface area contributed by atoms with Crippen molar-refractivity contribution in [1.82, 2.24) is 10.6 Å². The molecule has 168 valence electrons. The second-order valence-corrected chi connectivity index (χ2v) is 6.80. The van der Waals surface area contributed by atoms with Crippen molar-refractivity contribution < 1.29 is 28.5 Å². The number of nitrogens with one attached hydrogen (secondary N) is 2. The second kappa shape index (κ2) is 11.7. The summed E-state index contributed by atoms with van der Waals surface area (Å²) in [4.78, 5) is 25.5. The molecule has 0 saturated carbocycles. The zero-order chi connectivity index (χ0) is 22.8. The molecule has 0 aliphatic heterocycles. The normalized spacial score (nSPS) is 11.3. The van der Waals surface area contributed by atoms with Gasteiger partial charge in [-0.3, -0.25) is 9.59 Å². The van der Waals surface area contributed by atoms with Crippen molar-refractivity contribution in [2.24, 2.45) is 0 Å². The van der Waals surface area contributed by atoms with Gasteiger partial charge in [-0.1, -0.05) is 13.3 Å². The number of benzene rings is 2. The minimum absolute atomic E-state index is 0.252. The first kappa shape index (κ1) is 23.9. The SMILES string of the molecule is CCCC(CNC(=O)c1ccc(OC)cc1OC)NC(=O)c1ccc(OC)cc1OC. The molecule has 8 nitrogen and oxygen atoms in total. The Hall–Kier alpha value is -3.42. The largest absolute Gasteiger partial charge is 0.497 e. The molecule has 0 radical (unpaired) electrons. The number of carbonyl (C=O) groups is 2. The molecule has 1 atom stereocenters. The predicted molar refractivity (Wildman–Crippen MR) is 118 cm³/mol. The van der Waals surface area contributed by atoms with Crippen LogP contribution in [0.2, 0.25) is 0 Å². The standard InChI is InChI=1S/C23H30N2O6/c1-6-7-15(25-23(27)19-11-9-17(29-3)13-21(19)31-5)14-24-22(26)18-10-8-16(28-2)12-20(18)30-4/h8-13,15H,6-7,14H2,1-5H3,(H,24,26)(H,25,27). The quantitative estimate of drug-likeness (QED) is 0.569. The smallest absolute Gasteiger partial charge is 0.255 e. The van der Waals surface area contributed by atoms with Gasteiger partial charge in [0.1, 0.15) is 23.0 Å². The average molecular weight is 431 g/mol. The molecule has 31 heavy (non-hydrogen) atoms. The van der Waals surface area contributed by atoms with E-state index in [-0.39, 0.29) is 24.4 Å². The summed E-state index contributed by atoms with van der Waals surface area (Å²) in [7, 11) is 6.09. The first-order chi connectivity index (χ1) is 15.0. The summed E-state index contributed by atoms with van der Waals surface area (Å²) in [5.41, 5.74) is 0.786. The van der Waals surface area contributed by atoms with Crippen LogP contribution in [0.1, 0.15) is 40.5 Å². The lowest BCUT2D eigenvalue weighted by molar-refractivity contribution is 0.0903. The highest BCUT2D eigenvalue weighted by atomic mass is 16.5. The van der Waals surface area contributed by atoms with Gasteiger partial charge in [0.05, 0.1) is 39.6 Å². The lowest BCUT2D eigenvalue weighted by Gasteiger charge is -2.20. The number of amides is 2. The molecule has 0 spiro atoms. The van der Waals surface area contributed by atoms with Crippen molar-refractivity contribution in [2.45, 2.75) is 25.8 Å². The summed E-state index contributed by atoms with van der Waals surface area (Å²) < 4.78 is 20.9. The van der Waals surface area contributed by atoms with Crippen molar-refractivity contribution in [1.29, 1.82) is 0 Å². The van der Waals surface area contributed by atoms with Gasteiger partial charge in [0.15, 0.2) is 0 Å². The number of hydrogen-bond acceptors (Lipinski definition) is 6. The van der Waals surface area contributed by atoms with E-state index < -0.39 is 0 Å². The van der Waals surface area contributed by atoms with Crippen LogP contribution in [0, 0.1) is 0 Å². The molecule has 2 rings (SSSR count). The maximum atomic E-state index is 12.8. The maximum absolute atomic E-state index is 12.8. The monoisotopic (exact) mass is 430 g/mol. The van der Waals surface area contributed by atoms with Crippen LogP contribution in [-0.2, 0) is 0 Å². The molecule has 0 fully saturated rings. The van der Waals surface area contributed by atoms with Crippen LogP contribution in [0.25, 0.3) is 0 Å². The third-order valence-electron chi connectivity index (χ3n) is 4.79. The second-order valence-electron chi connectivity index (χ2n) is 6.80. The summed E-state index contributed by atoms with van der Waals surface area (Å²) in [6.07, 6.45) is 1.54. The average Bonchev–Trinajstić information content (AvgIpc) is 2.81. The van der Waals surface area contributed by atoms with E-state index in [0.717, 1.165) is 6.42 Å². The highest BCUT2D eigenvalue weighted by Gasteiger charge is 2.19. The van der Waals surface area contributed by atoms with Gasteiger partial charge in [0.2, 0.25) is 0 Å². The van der Waals surface area contributed by atoms with Crippen LogP contribution < -0.4 is 29.6 Å². The highest BCUT2D eigenvalue weighted by Crippen LogP contribution is 2.25. The molecule has 0 saturated heterocycles. The fourth-order valence-corrected chi connectivity index (χ4v) is 3.12. The Kier molecular flexibility index (Phi) is 8.99. The Morgan fingerprint density at radius 2 is 1.32 bits per heavy atom. The zero-order valence-electron chi connectivity index (χ0n) is 18.6. The lowest BCUT2D eigenvalue weighted by Crippen LogP contribution is -2.43. The molecular formula is C23H30N2O6. The van der Waals surface area contributed by atoms with Gasteiger partial charge in [-0.25, -0.2) is 0 Å². The number of carbonyl (C=O) groups excluding carboxylic acids is 2. The van der Waals surface area contributed by atoms with Gasteiger partial charge in [-0.15, -0.1) is 0 Å². The molecule has 8 heteroatoms. The topological polar surface area (TPSA) is 95.1 Å². The Balaban J connectivity index is 2.08. The van der Waals surface area contributed by atoms with Crippen molar-refractivity contribution in [3.05, 3.63) is 47.5 Å². The number of methoxy groups -OCH3 is 4. The Morgan fingerprint density at radius 3 is 1.77 bits per heavy atom. The first-order valence-electron chi connectivity index (χ1n) is 10.00. The van der Waals surface area contributed by atoms with Gasteiger partial charge in [-0.2, -0.15) is 0 Å².